The number of sulfonamides is 1. The van der Waals surface area contributed by atoms with Crippen molar-refractivity contribution in [3.05, 3.63) is 54.1 Å². The number of methoxy groups -OCH3 is 1. The van der Waals surface area contributed by atoms with E-state index >= 15 is 0 Å². The van der Waals surface area contributed by atoms with Gasteiger partial charge in [-0.25, -0.2) is 8.42 Å². The van der Waals surface area contributed by atoms with Crippen molar-refractivity contribution in [1.29, 1.82) is 0 Å². The molecule has 0 aliphatic carbocycles. The third-order valence-electron chi connectivity index (χ3n) is 2.80. The second-order valence-electron chi connectivity index (χ2n) is 4.15. The summed E-state index contributed by atoms with van der Waals surface area (Å²) in [7, 11) is -2.14. The second-order valence-corrected chi connectivity index (χ2v) is 5.80. The molecule has 0 radical (unpaired) electrons. The molecular weight excluding hydrogens is 276 g/mol. The molecule has 6 heteroatoms. The Morgan fingerprint density at radius 3 is 2.60 bits per heavy atom. The minimum Gasteiger partial charge on any atom is -0.497 e. The predicted octanol–water partition coefficient (Wildman–Crippen LogP) is 1.95. The third kappa shape index (κ3) is 3.09. The first-order valence-corrected chi connectivity index (χ1v) is 7.50. The Morgan fingerprint density at radius 2 is 1.90 bits per heavy atom. The lowest BCUT2D eigenvalue weighted by molar-refractivity contribution is 0.415. The van der Waals surface area contributed by atoms with E-state index < -0.39 is 10.0 Å². The van der Waals surface area contributed by atoms with E-state index in [4.69, 9.17) is 10.5 Å². The van der Waals surface area contributed by atoms with Crippen molar-refractivity contribution in [2.24, 2.45) is 5.73 Å². The van der Waals surface area contributed by atoms with Gasteiger partial charge in [0.05, 0.1) is 17.7 Å². The highest BCUT2D eigenvalue weighted by Gasteiger charge is 2.17. The van der Waals surface area contributed by atoms with Crippen LogP contribution in [-0.2, 0) is 16.6 Å². The minimum absolute atomic E-state index is 0.162. The molecule has 0 bridgehead atoms. The number of nitrogens with one attached hydrogen (secondary N) is 1. The maximum atomic E-state index is 12.4. The molecule has 3 N–H and O–H groups in total. The summed E-state index contributed by atoms with van der Waals surface area (Å²) in [5, 5.41) is 0. The molecule has 0 aliphatic rings. The predicted molar refractivity (Wildman–Crippen MR) is 78.1 cm³/mol. The summed E-state index contributed by atoms with van der Waals surface area (Å²) in [6.45, 7) is 0.162. The molecule has 0 fully saturated rings. The number of hydrogen-bond donors (Lipinski definition) is 2. The fourth-order valence-corrected chi connectivity index (χ4v) is 3.13. The highest BCUT2D eigenvalue weighted by atomic mass is 32.2. The maximum absolute atomic E-state index is 12.4. The number of nitrogens with two attached hydrogens (primary N) is 1. The van der Waals surface area contributed by atoms with E-state index in [1.807, 2.05) is 0 Å². The van der Waals surface area contributed by atoms with E-state index in [2.05, 4.69) is 4.72 Å². The zero-order valence-electron chi connectivity index (χ0n) is 11.0. The molecule has 2 aromatic rings. The van der Waals surface area contributed by atoms with Gasteiger partial charge in [-0.05, 0) is 23.8 Å². The normalized spacial score (nSPS) is 11.1. The molecule has 0 aromatic heterocycles. The van der Waals surface area contributed by atoms with Crippen LogP contribution in [0.15, 0.2) is 53.4 Å². The van der Waals surface area contributed by atoms with Crippen molar-refractivity contribution in [2.75, 3.05) is 11.8 Å². The van der Waals surface area contributed by atoms with Gasteiger partial charge in [-0.3, -0.25) is 4.72 Å². The molecule has 2 aromatic carbocycles. The summed E-state index contributed by atoms with van der Waals surface area (Å²) in [6.07, 6.45) is 0. The lowest BCUT2D eigenvalue weighted by atomic mass is 10.2. The molecule has 0 aliphatic heterocycles. The molecule has 20 heavy (non-hydrogen) atoms. The topological polar surface area (TPSA) is 81.4 Å². The van der Waals surface area contributed by atoms with Gasteiger partial charge in [0.25, 0.3) is 10.0 Å². The molecule has 0 heterocycles. The molecule has 0 amide bonds. The van der Waals surface area contributed by atoms with Gasteiger partial charge in [-0.15, -0.1) is 0 Å². The summed E-state index contributed by atoms with van der Waals surface area (Å²) in [5.41, 5.74) is 6.59. The van der Waals surface area contributed by atoms with E-state index in [0.29, 0.717) is 17.0 Å². The van der Waals surface area contributed by atoms with Crippen LogP contribution in [0.3, 0.4) is 0 Å². The van der Waals surface area contributed by atoms with E-state index in [9.17, 15) is 8.42 Å². The number of hydrogen-bond acceptors (Lipinski definition) is 4. The van der Waals surface area contributed by atoms with Gasteiger partial charge in [0.15, 0.2) is 0 Å². The van der Waals surface area contributed by atoms with Gasteiger partial charge in [-0.1, -0.05) is 24.3 Å². The Labute approximate surface area is 118 Å². The van der Waals surface area contributed by atoms with Crippen LogP contribution in [0, 0.1) is 0 Å². The molecule has 0 atom stereocenters. The Balaban J connectivity index is 2.35. The van der Waals surface area contributed by atoms with E-state index in [1.165, 1.54) is 13.2 Å². The van der Waals surface area contributed by atoms with Crippen LogP contribution in [-0.4, -0.2) is 15.5 Å². The Morgan fingerprint density at radius 1 is 1.15 bits per heavy atom. The molecule has 2 rings (SSSR count). The second kappa shape index (κ2) is 5.94. The summed E-state index contributed by atoms with van der Waals surface area (Å²) >= 11 is 0. The average Bonchev–Trinajstić information content (AvgIpc) is 2.47. The first-order valence-electron chi connectivity index (χ1n) is 6.01. The van der Waals surface area contributed by atoms with Crippen molar-refractivity contribution in [2.45, 2.75) is 11.4 Å². The standard InChI is InChI=1S/C14H16N2O3S/c1-19-13-7-4-6-12(9-13)16-20(17,18)14-8-3-2-5-11(14)10-15/h2-9,16H,10,15H2,1H3. The van der Waals surface area contributed by atoms with Crippen LogP contribution in [0.5, 0.6) is 5.75 Å². The molecular formula is C14H16N2O3S. The van der Waals surface area contributed by atoms with Crippen molar-refractivity contribution < 1.29 is 13.2 Å². The fraction of sp³-hybridized carbons (Fsp3) is 0.143. The molecule has 0 saturated heterocycles. The van der Waals surface area contributed by atoms with E-state index in [-0.39, 0.29) is 11.4 Å². The lowest BCUT2D eigenvalue weighted by Crippen LogP contribution is -2.16. The van der Waals surface area contributed by atoms with Crippen LogP contribution in [0.1, 0.15) is 5.56 Å². The first-order chi connectivity index (χ1) is 9.56. The van der Waals surface area contributed by atoms with Gasteiger partial charge >= 0.3 is 0 Å². The highest BCUT2D eigenvalue weighted by Crippen LogP contribution is 2.22. The Hall–Kier alpha value is -2.05. The van der Waals surface area contributed by atoms with E-state index in [1.54, 1.807) is 42.5 Å². The monoisotopic (exact) mass is 292 g/mol. The van der Waals surface area contributed by atoms with Crippen molar-refractivity contribution in [3.8, 4) is 5.75 Å². The first kappa shape index (κ1) is 14.4. The number of benzene rings is 2. The molecule has 0 unspecified atom stereocenters. The van der Waals surface area contributed by atoms with Crippen LogP contribution in [0.25, 0.3) is 0 Å². The van der Waals surface area contributed by atoms with Gasteiger partial charge in [0.2, 0.25) is 0 Å². The third-order valence-corrected chi connectivity index (χ3v) is 4.29. The lowest BCUT2D eigenvalue weighted by Gasteiger charge is -2.11. The van der Waals surface area contributed by atoms with Crippen molar-refractivity contribution >= 4 is 15.7 Å². The fourth-order valence-electron chi connectivity index (χ4n) is 1.83. The largest absolute Gasteiger partial charge is 0.497 e. The number of anilines is 1. The summed E-state index contributed by atoms with van der Waals surface area (Å²) in [4.78, 5) is 0.185. The SMILES string of the molecule is COc1cccc(NS(=O)(=O)c2ccccc2CN)c1. The van der Waals surface area contributed by atoms with Gasteiger partial charge < -0.3 is 10.5 Å². The molecule has 0 saturated carbocycles. The summed E-state index contributed by atoms with van der Waals surface area (Å²) in [5.74, 6) is 0.581. The average molecular weight is 292 g/mol. The van der Waals surface area contributed by atoms with Gasteiger partial charge in [-0.2, -0.15) is 0 Å². The zero-order chi connectivity index (χ0) is 14.6. The Kier molecular flexibility index (Phi) is 4.26. The van der Waals surface area contributed by atoms with Crippen LogP contribution < -0.4 is 15.2 Å². The molecule has 106 valence electrons. The highest BCUT2D eigenvalue weighted by molar-refractivity contribution is 7.92. The maximum Gasteiger partial charge on any atom is 0.262 e. The van der Waals surface area contributed by atoms with Crippen molar-refractivity contribution in [1.82, 2.24) is 0 Å². The van der Waals surface area contributed by atoms with E-state index in [0.717, 1.165) is 0 Å². The molecule has 0 spiro atoms. The minimum atomic E-state index is -3.67. The zero-order valence-corrected chi connectivity index (χ0v) is 11.9. The molecule has 5 nitrogen and oxygen atoms in total. The van der Waals surface area contributed by atoms with Crippen molar-refractivity contribution in [3.63, 3.8) is 0 Å². The van der Waals surface area contributed by atoms with Crippen LogP contribution in [0.4, 0.5) is 5.69 Å². The van der Waals surface area contributed by atoms with Crippen LogP contribution in [0.2, 0.25) is 0 Å². The quantitative estimate of drug-likeness (QED) is 0.882. The van der Waals surface area contributed by atoms with Gasteiger partial charge in [0, 0.05) is 12.6 Å². The van der Waals surface area contributed by atoms with Crippen LogP contribution >= 0.6 is 0 Å². The smallest absolute Gasteiger partial charge is 0.262 e. The Bertz CT molecular complexity index is 699. The number of rotatable bonds is 5. The van der Waals surface area contributed by atoms with Gasteiger partial charge in [0.1, 0.15) is 5.75 Å². The summed E-state index contributed by atoms with van der Waals surface area (Å²) in [6, 6.07) is 13.4. The number of ether oxygens (including phenoxy) is 1. The summed E-state index contributed by atoms with van der Waals surface area (Å²) < 4.78 is 32.3.